The van der Waals surface area contributed by atoms with Crippen molar-refractivity contribution in [2.75, 3.05) is 37.6 Å². The van der Waals surface area contributed by atoms with Crippen molar-refractivity contribution in [3.63, 3.8) is 0 Å². The standard InChI is InChI=1S/C27H33N5/c1-19-7-6-8-20(2)25(19)26-29-21(3)24(27(30-26)32-15-12-28-13-16-32)18-31-14-11-22-9-4-5-10-23(22)17-31/h4-10,28H,11-18H2,1-3H3. The summed E-state index contributed by atoms with van der Waals surface area (Å²) in [6.45, 7) is 13.4. The molecule has 166 valence electrons. The van der Waals surface area contributed by atoms with E-state index in [1.165, 1.54) is 33.4 Å². The summed E-state index contributed by atoms with van der Waals surface area (Å²) < 4.78 is 0. The number of aromatic nitrogens is 2. The fraction of sp³-hybridized carbons (Fsp3) is 0.407. The van der Waals surface area contributed by atoms with Gasteiger partial charge in [-0.15, -0.1) is 0 Å². The molecule has 1 aromatic heterocycles. The number of rotatable bonds is 4. The fourth-order valence-corrected chi connectivity index (χ4v) is 5.10. The van der Waals surface area contributed by atoms with Gasteiger partial charge in [0.05, 0.1) is 0 Å². The molecule has 1 fully saturated rings. The maximum absolute atomic E-state index is 5.22. The highest BCUT2D eigenvalue weighted by Gasteiger charge is 2.24. The zero-order chi connectivity index (χ0) is 22.1. The molecule has 0 unspecified atom stereocenters. The molecule has 2 aliphatic heterocycles. The summed E-state index contributed by atoms with van der Waals surface area (Å²) in [4.78, 5) is 15.3. The van der Waals surface area contributed by atoms with Crippen LogP contribution in [0.3, 0.4) is 0 Å². The van der Waals surface area contributed by atoms with Gasteiger partial charge in [0.25, 0.3) is 0 Å². The first-order valence-electron chi connectivity index (χ1n) is 11.8. The lowest BCUT2D eigenvalue weighted by atomic mass is 9.99. The molecule has 2 aromatic carbocycles. The molecule has 0 bridgehead atoms. The Bertz CT molecular complexity index is 1100. The van der Waals surface area contributed by atoms with Crippen molar-refractivity contribution >= 4 is 5.82 Å². The molecule has 1 N–H and O–H groups in total. The molecule has 5 nitrogen and oxygen atoms in total. The maximum Gasteiger partial charge on any atom is 0.162 e. The van der Waals surface area contributed by atoms with Gasteiger partial charge in [0.15, 0.2) is 5.82 Å². The number of nitrogens with zero attached hydrogens (tertiary/aromatic N) is 4. The Morgan fingerprint density at radius 3 is 2.31 bits per heavy atom. The van der Waals surface area contributed by atoms with Crippen LogP contribution in [0.4, 0.5) is 5.82 Å². The summed E-state index contributed by atoms with van der Waals surface area (Å²) >= 11 is 0. The molecule has 0 atom stereocenters. The van der Waals surface area contributed by atoms with Gasteiger partial charge in [0.2, 0.25) is 0 Å². The minimum absolute atomic E-state index is 0.861. The van der Waals surface area contributed by atoms with Gasteiger partial charge in [0, 0.05) is 62.6 Å². The first-order valence-corrected chi connectivity index (χ1v) is 11.8. The Morgan fingerprint density at radius 2 is 1.56 bits per heavy atom. The topological polar surface area (TPSA) is 44.3 Å². The molecule has 1 saturated heterocycles. The summed E-state index contributed by atoms with van der Waals surface area (Å²) in [7, 11) is 0. The van der Waals surface area contributed by atoms with Crippen molar-refractivity contribution in [2.24, 2.45) is 0 Å². The van der Waals surface area contributed by atoms with Crippen LogP contribution < -0.4 is 10.2 Å². The molecular weight excluding hydrogens is 394 g/mol. The van der Waals surface area contributed by atoms with Gasteiger partial charge in [-0.1, -0.05) is 42.5 Å². The molecule has 0 saturated carbocycles. The number of hydrogen-bond donors (Lipinski definition) is 1. The lowest BCUT2D eigenvalue weighted by Crippen LogP contribution is -2.44. The van der Waals surface area contributed by atoms with Gasteiger partial charge in [-0.3, -0.25) is 4.90 Å². The van der Waals surface area contributed by atoms with Crippen molar-refractivity contribution in [2.45, 2.75) is 40.3 Å². The quantitative estimate of drug-likeness (QED) is 0.681. The van der Waals surface area contributed by atoms with E-state index in [0.717, 1.165) is 69.6 Å². The Hall–Kier alpha value is -2.76. The Morgan fingerprint density at radius 1 is 0.844 bits per heavy atom. The number of fused-ring (bicyclic) bond motifs is 1. The normalized spacial score (nSPS) is 16.8. The van der Waals surface area contributed by atoms with E-state index in [4.69, 9.17) is 9.97 Å². The first kappa shape index (κ1) is 21.1. The van der Waals surface area contributed by atoms with E-state index in [1.807, 2.05) is 0 Å². The minimum atomic E-state index is 0.861. The van der Waals surface area contributed by atoms with E-state index in [1.54, 1.807) is 0 Å². The molecule has 3 heterocycles. The SMILES string of the molecule is Cc1cccc(C)c1-c1nc(C)c(CN2CCc3ccccc3C2)c(N2CCNCC2)n1. The molecule has 0 amide bonds. The van der Waals surface area contributed by atoms with Crippen molar-refractivity contribution in [3.8, 4) is 11.4 Å². The Labute approximate surface area is 191 Å². The predicted molar refractivity (Wildman–Crippen MR) is 131 cm³/mol. The van der Waals surface area contributed by atoms with Crippen LogP contribution in [-0.2, 0) is 19.5 Å². The summed E-state index contributed by atoms with van der Waals surface area (Å²) in [5.74, 6) is 1.98. The second kappa shape index (κ2) is 9.00. The highest BCUT2D eigenvalue weighted by atomic mass is 15.2. The Kier molecular flexibility index (Phi) is 5.94. The third kappa shape index (κ3) is 4.15. The van der Waals surface area contributed by atoms with Crippen molar-refractivity contribution in [1.29, 1.82) is 0 Å². The molecular formula is C27H33N5. The van der Waals surface area contributed by atoms with Crippen LogP contribution in [0.2, 0.25) is 0 Å². The van der Waals surface area contributed by atoms with Gasteiger partial charge in [0.1, 0.15) is 5.82 Å². The number of anilines is 1. The van der Waals surface area contributed by atoms with Gasteiger partial charge < -0.3 is 10.2 Å². The fourth-order valence-electron chi connectivity index (χ4n) is 5.10. The lowest BCUT2D eigenvalue weighted by molar-refractivity contribution is 0.244. The second-order valence-electron chi connectivity index (χ2n) is 9.17. The van der Waals surface area contributed by atoms with E-state index >= 15 is 0 Å². The maximum atomic E-state index is 5.22. The monoisotopic (exact) mass is 427 g/mol. The second-order valence-corrected chi connectivity index (χ2v) is 9.17. The molecule has 0 aliphatic carbocycles. The number of benzene rings is 2. The summed E-state index contributed by atoms with van der Waals surface area (Å²) in [6, 6.07) is 15.3. The van der Waals surface area contributed by atoms with Crippen molar-refractivity contribution in [3.05, 3.63) is 76.0 Å². The molecule has 5 heteroatoms. The van der Waals surface area contributed by atoms with Crippen LogP contribution in [0.5, 0.6) is 0 Å². The van der Waals surface area contributed by atoms with E-state index < -0.39 is 0 Å². The lowest BCUT2D eigenvalue weighted by Gasteiger charge is -2.33. The number of aryl methyl sites for hydroxylation is 3. The summed E-state index contributed by atoms with van der Waals surface area (Å²) in [5.41, 5.74) is 8.96. The third-order valence-electron chi connectivity index (χ3n) is 6.90. The summed E-state index contributed by atoms with van der Waals surface area (Å²) in [5, 5.41) is 3.48. The zero-order valence-corrected chi connectivity index (χ0v) is 19.5. The average molecular weight is 428 g/mol. The molecule has 3 aromatic rings. The average Bonchev–Trinajstić information content (AvgIpc) is 2.81. The molecule has 32 heavy (non-hydrogen) atoms. The molecule has 0 radical (unpaired) electrons. The van der Waals surface area contributed by atoms with E-state index in [0.29, 0.717) is 0 Å². The van der Waals surface area contributed by atoms with Crippen LogP contribution in [0.15, 0.2) is 42.5 Å². The third-order valence-corrected chi connectivity index (χ3v) is 6.90. The number of hydrogen-bond acceptors (Lipinski definition) is 5. The van der Waals surface area contributed by atoms with Crippen molar-refractivity contribution in [1.82, 2.24) is 20.2 Å². The largest absolute Gasteiger partial charge is 0.354 e. The highest BCUT2D eigenvalue weighted by Crippen LogP contribution is 2.31. The van der Waals surface area contributed by atoms with Crippen LogP contribution in [0.25, 0.3) is 11.4 Å². The number of nitrogens with one attached hydrogen (secondary N) is 1. The minimum Gasteiger partial charge on any atom is -0.354 e. The van der Waals surface area contributed by atoms with Gasteiger partial charge in [-0.2, -0.15) is 0 Å². The first-order chi connectivity index (χ1) is 15.6. The highest BCUT2D eigenvalue weighted by molar-refractivity contribution is 5.67. The van der Waals surface area contributed by atoms with Crippen LogP contribution >= 0.6 is 0 Å². The van der Waals surface area contributed by atoms with Crippen LogP contribution in [-0.4, -0.2) is 47.6 Å². The smallest absolute Gasteiger partial charge is 0.162 e. The van der Waals surface area contributed by atoms with Crippen LogP contribution in [0.1, 0.15) is 33.5 Å². The molecule has 0 spiro atoms. The van der Waals surface area contributed by atoms with Gasteiger partial charge >= 0.3 is 0 Å². The predicted octanol–water partition coefficient (Wildman–Crippen LogP) is 4.04. The Balaban J connectivity index is 1.53. The van der Waals surface area contributed by atoms with E-state index in [-0.39, 0.29) is 0 Å². The van der Waals surface area contributed by atoms with Crippen molar-refractivity contribution < 1.29 is 0 Å². The summed E-state index contributed by atoms with van der Waals surface area (Å²) in [6.07, 6.45) is 1.11. The van der Waals surface area contributed by atoms with E-state index in [9.17, 15) is 0 Å². The number of piperazine rings is 1. The van der Waals surface area contributed by atoms with Gasteiger partial charge in [-0.05, 0) is 49.4 Å². The van der Waals surface area contributed by atoms with Gasteiger partial charge in [-0.25, -0.2) is 9.97 Å². The zero-order valence-electron chi connectivity index (χ0n) is 19.5. The van der Waals surface area contributed by atoms with Crippen LogP contribution in [0, 0.1) is 20.8 Å². The molecule has 5 rings (SSSR count). The molecule has 2 aliphatic rings. The van der Waals surface area contributed by atoms with E-state index in [2.05, 4.69) is 78.4 Å².